The third-order valence-electron chi connectivity index (χ3n) is 1.32. The van der Waals surface area contributed by atoms with Gasteiger partial charge in [0.25, 0.3) is 0 Å². The third kappa shape index (κ3) is 5.89. The fourth-order valence-electron chi connectivity index (χ4n) is 1.41. The van der Waals surface area contributed by atoms with E-state index in [1.54, 1.807) is 0 Å². The van der Waals surface area contributed by atoms with E-state index < -0.39 is 0 Å². The molecule has 0 aliphatic heterocycles. The zero-order valence-electron chi connectivity index (χ0n) is 8.10. The molecule has 0 spiro atoms. The summed E-state index contributed by atoms with van der Waals surface area (Å²) in [5, 5.41) is 0. The van der Waals surface area contributed by atoms with Crippen molar-refractivity contribution in [1.29, 1.82) is 0 Å². The van der Waals surface area contributed by atoms with E-state index in [1.165, 1.54) is 6.92 Å². The first kappa shape index (κ1) is 10.5. The van der Waals surface area contributed by atoms with Crippen molar-refractivity contribution in [3.05, 3.63) is 0 Å². The number of hydrogen-bond acceptors (Lipinski definition) is 2. The van der Waals surface area contributed by atoms with Crippen molar-refractivity contribution in [2.75, 3.05) is 0 Å². The first-order valence-corrected chi connectivity index (χ1v) is 4.03. The largest absolute Gasteiger partial charge is 0.460 e. The highest BCUT2D eigenvalue weighted by Crippen LogP contribution is 2.19. The Morgan fingerprint density at radius 1 is 1.45 bits per heavy atom. The summed E-state index contributed by atoms with van der Waals surface area (Å²) >= 11 is 0. The van der Waals surface area contributed by atoms with E-state index in [-0.39, 0.29) is 11.6 Å². The minimum Gasteiger partial charge on any atom is -0.460 e. The Bertz CT molecular complexity index is 136. The predicted molar refractivity (Wildman–Crippen MR) is 45.3 cm³/mol. The molecule has 0 unspecified atom stereocenters. The van der Waals surface area contributed by atoms with Gasteiger partial charge in [-0.3, -0.25) is 4.79 Å². The molecule has 0 aliphatic carbocycles. The summed E-state index contributed by atoms with van der Waals surface area (Å²) in [6.07, 6.45) is 0.909. The average Bonchev–Trinajstić information content (AvgIpc) is 1.53. The summed E-state index contributed by atoms with van der Waals surface area (Å²) in [5.74, 6) is 0.361. The van der Waals surface area contributed by atoms with Gasteiger partial charge in [-0.05, 0) is 26.2 Å². The molecule has 0 fully saturated rings. The van der Waals surface area contributed by atoms with E-state index >= 15 is 0 Å². The summed E-state index contributed by atoms with van der Waals surface area (Å²) in [4.78, 5) is 10.6. The van der Waals surface area contributed by atoms with Gasteiger partial charge in [-0.1, -0.05) is 13.8 Å². The zero-order valence-corrected chi connectivity index (χ0v) is 8.10. The molecule has 0 amide bonds. The van der Waals surface area contributed by atoms with Crippen LogP contribution in [0.25, 0.3) is 0 Å². The van der Waals surface area contributed by atoms with Crippen LogP contribution in [0.1, 0.15) is 41.0 Å². The Morgan fingerprint density at radius 2 is 1.91 bits per heavy atom. The van der Waals surface area contributed by atoms with Gasteiger partial charge in [0.1, 0.15) is 5.60 Å². The first-order valence-electron chi connectivity index (χ1n) is 4.03. The minimum atomic E-state index is -0.306. The van der Waals surface area contributed by atoms with Crippen molar-refractivity contribution >= 4 is 5.97 Å². The third-order valence-corrected chi connectivity index (χ3v) is 1.32. The van der Waals surface area contributed by atoms with E-state index in [2.05, 4.69) is 13.8 Å². The molecule has 0 atom stereocenters. The molecule has 2 heteroatoms. The normalized spacial score (nSPS) is 11.8. The molecule has 0 radical (unpaired) electrons. The lowest BCUT2D eigenvalue weighted by Gasteiger charge is -2.26. The second-order valence-corrected chi connectivity index (χ2v) is 3.95. The molecule has 0 rings (SSSR count). The summed E-state index contributed by atoms with van der Waals surface area (Å²) in [7, 11) is 0. The summed E-state index contributed by atoms with van der Waals surface area (Å²) in [6.45, 7) is 9.56. The highest BCUT2D eigenvalue weighted by atomic mass is 16.6. The number of carbonyl (C=O) groups is 1. The molecule has 0 bridgehead atoms. The monoisotopic (exact) mass is 158 g/mol. The standard InChI is InChI=1S/C9H18O2/c1-7(2)6-9(4,5)11-8(3)10/h7H,6H2,1-5H3. The van der Waals surface area contributed by atoms with E-state index in [1.807, 2.05) is 13.8 Å². The SMILES string of the molecule is CC(=O)OC(C)(C)CC(C)C. The Labute approximate surface area is 68.9 Å². The van der Waals surface area contributed by atoms with Crippen molar-refractivity contribution in [2.24, 2.45) is 5.92 Å². The van der Waals surface area contributed by atoms with E-state index in [0.717, 1.165) is 6.42 Å². The van der Waals surface area contributed by atoms with Gasteiger partial charge in [0.2, 0.25) is 0 Å². The number of rotatable bonds is 3. The fraction of sp³-hybridized carbons (Fsp3) is 0.889. The molecular formula is C9H18O2. The van der Waals surface area contributed by atoms with Crippen molar-refractivity contribution in [2.45, 2.75) is 46.6 Å². The minimum absolute atomic E-state index is 0.198. The number of ether oxygens (including phenoxy) is 1. The van der Waals surface area contributed by atoms with Crippen molar-refractivity contribution in [1.82, 2.24) is 0 Å². The van der Waals surface area contributed by atoms with Crippen LogP contribution in [0.5, 0.6) is 0 Å². The number of hydrogen-bond donors (Lipinski definition) is 0. The van der Waals surface area contributed by atoms with Gasteiger partial charge in [-0.25, -0.2) is 0 Å². The van der Waals surface area contributed by atoms with Crippen LogP contribution in [-0.4, -0.2) is 11.6 Å². The molecule has 0 aromatic carbocycles. The Kier molecular flexibility index (Phi) is 3.56. The van der Waals surface area contributed by atoms with Crippen LogP contribution in [0.3, 0.4) is 0 Å². The summed E-state index contributed by atoms with van der Waals surface area (Å²) in [5.41, 5.74) is -0.306. The lowest BCUT2D eigenvalue weighted by molar-refractivity contribution is -0.154. The fourth-order valence-corrected chi connectivity index (χ4v) is 1.41. The molecule has 0 heterocycles. The van der Waals surface area contributed by atoms with Crippen LogP contribution < -0.4 is 0 Å². The van der Waals surface area contributed by atoms with Gasteiger partial charge in [0.05, 0.1) is 0 Å². The molecule has 0 aliphatic rings. The summed E-state index contributed by atoms with van der Waals surface area (Å²) < 4.78 is 5.11. The maximum atomic E-state index is 10.6. The average molecular weight is 158 g/mol. The van der Waals surface area contributed by atoms with Crippen LogP contribution in [0.15, 0.2) is 0 Å². The van der Waals surface area contributed by atoms with Crippen LogP contribution in [-0.2, 0) is 9.53 Å². The Hall–Kier alpha value is -0.530. The van der Waals surface area contributed by atoms with Crippen LogP contribution in [0.4, 0.5) is 0 Å². The second kappa shape index (κ2) is 3.74. The van der Waals surface area contributed by atoms with E-state index in [9.17, 15) is 4.79 Å². The highest BCUT2D eigenvalue weighted by molar-refractivity contribution is 5.66. The quantitative estimate of drug-likeness (QED) is 0.589. The lowest BCUT2D eigenvalue weighted by Crippen LogP contribution is -2.28. The number of carbonyl (C=O) groups excluding carboxylic acids is 1. The van der Waals surface area contributed by atoms with Gasteiger partial charge in [-0.15, -0.1) is 0 Å². The van der Waals surface area contributed by atoms with Crippen molar-refractivity contribution < 1.29 is 9.53 Å². The predicted octanol–water partition coefficient (Wildman–Crippen LogP) is 2.37. The maximum absolute atomic E-state index is 10.6. The molecule has 0 N–H and O–H groups in total. The molecule has 66 valence electrons. The Balaban J connectivity index is 3.89. The van der Waals surface area contributed by atoms with Gasteiger partial charge in [0.15, 0.2) is 0 Å². The van der Waals surface area contributed by atoms with Gasteiger partial charge < -0.3 is 4.74 Å². The zero-order chi connectivity index (χ0) is 9.07. The lowest BCUT2D eigenvalue weighted by atomic mass is 9.96. The van der Waals surface area contributed by atoms with Crippen LogP contribution in [0.2, 0.25) is 0 Å². The molecule has 0 saturated carbocycles. The molecule has 0 aromatic rings. The van der Waals surface area contributed by atoms with Gasteiger partial charge in [-0.2, -0.15) is 0 Å². The molecular weight excluding hydrogens is 140 g/mol. The number of esters is 1. The topological polar surface area (TPSA) is 26.3 Å². The van der Waals surface area contributed by atoms with Gasteiger partial charge >= 0.3 is 5.97 Å². The molecule has 11 heavy (non-hydrogen) atoms. The van der Waals surface area contributed by atoms with Crippen LogP contribution >= 0.6 is 0 Å². The summed E-state index contributed by atoms with van der Waals surface area (Å²) in [6, 6.07) is 0. The van der Waals surface area contributed by atoms with Crippen molar-refractivity contribution in [3.63, 3.8) is 0 Å². The maximum Gasteiger partial charge on any atom is 0.303 e. The van der Waals surface area contributed by atoms with E-state index in [0.29, 0.717) is 5.92 Å². The molecule has 2 nitrogen and oxygen atoms in total. The van der Waals surface area contributed by atoms with Crippen molar-refractivity contribution in [3.8, 4) is 0 Å². The van der Waals surface area contributed by atoms with E-state index in [4.69, 9.17) is 4.74 Å². The first-order chi connectivity index (χ1) is 4.83. The molecule has 0 aromatic heterocycles. The van der Waals surface area contributed by atoms with Gasteiger partial charge in [0, 0.05) is 6.92 Å². The molecule has 0 saturated heterocycles. The smallest absolute Gasteiger partial charge is 0.303 e. The second-order valence-electron chi connectivity index (χ2n) is 3.95. The van der Waals surface area contributed by atoms with Crippen LogP contribution in [0, 0.1) is 5.92 Å². The Morgan fingerprint density at radius 3 is 2.18 bits per heavy atom. The highest BCUT2D eigenvalue weighted by Gasteiger charge is 2.21.